The van der Waals surface area contributed by atoms with Crippen molar-refractivity contribution in [2.24, 2.45) is 0 Å². The minimum Gasteiger partial charge on any atom is -0.396 e. The predicted molar refractivity (Wildman–Crippen MR) is 110 cm³/mol. The molecule has 0 amide bonds. The van der Waals surface area contributed by atoms with Crippen molar-refractivity contribution in [3.63, 3.8) is 0 Å². The standard InChI is InChI=1S/C24H30O6/c1-23(2)28-20-21(27-16-19-11-7-4-8-12-19)24(13-14-25,30-22(20)29-23)17-26-15-18-9-5-3-6-10-18/h3-12,20-22,25H,13-17H2,1-2H3. The van der Waals surface area contributed by atoms with Gasteiger partial charge < -0.3 is 28.8 Å². The molecular weight excluding hydrogens is 384 g/mol. The van der Waals surface area contributed by atoms with E-state index < -0.39 is 29.9 Å². The first-order chi connectivity index (χ1) is 14.5. The van der Waals surface area contributed by atoms with Gasteiger partial charge in [0.2, 0.25) is 0 Å². The number of ether oxygens (including phenoxy) is 5. The molecule has 0 bridgehead atoms. The van der Waals surface area contributed by atoms with Crippen LogP contribution in [0, 0.1) is 0 Å². The molecule has 6 heteroatoms. The van der Waals surface area contributed by atoms with Crippen molar-refractivity contribution in [1.29, 1.82) is 0 Å². The van der Waals surface area contributed by atoms with Crippen LogP contribution in [0.25, 0.3) is 0 Å². The maximum absolute atomic E-state index is 9.80. The van der Waals surface area contributed by atoms with Crippen LogP contribution in [0.1, 0.15) is 31.4 Å². The van der Waals surface area contributed by atoms with Gasteiger partial charge in [-0.3, -0.25) is 0 Å². The van der Waals surface area contributed by atoms with Gasteiger partial charge in [-0.15, -0.1) is 0 Å². The molecule has 4 rings (SSSR count). The normalized spacial score (nSPS) is 29.8. The Bertz CT molecular complexity index is 796. The van der Waals surface area contributed by atoms with E-state index in [2.05, 4.69) is 0 Å². The number of fused-ring (bicyclic) bond motifs is 1. The summed E-state index contributed by atoms with van der Waals surface area (Å²) in [5.74, 6) is -0.750. The van der Waals surface area contributed by atoms with Gasteiger partial charge in [0.15, 0.2) is 12.1 Å². The summed E-state index contributed by atoms with van der Waals surface area (Å²) in [6.07, 6.45) is -1.03. The minimum atomic E-state index is -0.857. The average Bonchev–Trinajstić information content (AvgIpc) is 3.17. The molecule has 2 heterocycles. The Morgan fingerprint density at radius 2 is 1.50 bits per heavy atom. The van der Waals surface area contributed by atoms with E-state index in [1.807, 2.05) is 74.5 Å². The predicted octanol–water partition coefficient (Wildman–Crippen LogP) is 3.42. The highest BCUT2D eigenvalue weighted by Gasteiger charge is 2.62. The van der Waals surface area contributed by atoms with Gasteiger partial charge in [-0.05, 0) is 25.0 Å². The number of hydrogen-bond acceptors (Lipinski definition) is 6. The smallest absolute Gasteiger partial charge is 0.190 e. The number of benzene rings is 2. The summed E-state index contributed by atoms with van der Waals surface area (Å²) in [5.41, 5.74) is 1.27. The maximum atomic E-state index is 9.80. The van der Waals surface area contributed by atoms with Crippen LogP contribution in [0.15, 0.2) is 60.7 Å². The van der Waals surface area contributed by atoms with Crippen LogP contribution in [0.4, 0.5) is 0 Å². The highest BCUT2D eigenvalue weighted by molar-refractivity contribution is 5.15. The largest absolute Gasteiger partial charge is 0.396 e. The van der Waals surface area contributed by atoms with Gasteiger partial charge in [-0.25, -0.2) is 0 Å². The number of aliphatic hydroxyl groups excluding tert-OH is 1. The van der Waals surface area contributed by atoms with Crippen LogP contribution in [0.2, 0.25) is 0 Å². The Labute approximate surface area is 177 Å². The van der Waals surface area contributed by atoms with Crippen molar-refractivity contribution in [3.8, 4) is 0 Å². The molecule has 0 spiro atoms. The van der Waals surface area contributed by atoms with E-state index in [1.165, 1.54) is 0 Å². The van der Waals surface area contributed by atoms with Crippen molar-refractivity contribution in [1.82, 2.24) is 0 Å². The van der Waals surface area contributed by atoms with E-state index in [9.17, 15) is 5.11 Å². The van der Waals surface area contributed by atoms with Gasteiger partial charge in [0.25, 0.3) is 0 Å². The first-order valence-electron chi connectivity index (χ1n) is 10.4. The quantitative estimate of drug-likeness (QED) is 0.678. The second-order valence-corrected chi connectivity index (χ2v) is 8.32. The van der Waals surface area contributed by atoms with Crippen molar-refractivity contribution >= 4 is 0 Å². The third-order valence-corrected chi connectivity index (χ3v) is 5.52. The van der Waals surface area contributed by atoms with Crippen molar-refractivity contribution in [2.75, 3.05) is 13.2 Å². The van der Waals surface area contributed by atoms with Crippen LogP contribution in [0.5, 0.6) is 0 Å². The van der Waals surface area contributed by atoms with E-state index in [0.717, 1.165) is 11.1 Å². The fourth-order valence-electron chi connectivity index (χ4n) is 4.15. The van der Waals surface area contributed by atoms with E-state index in [0.29, 0.717) is 19.6 Å². The molecule has 1 N–H and O–H groups in total. The average molecular weight is 414 g/mol. The highest BCUT2D eigenvalue weighted by Crippen LogP contribution is 2.45. The van der Waals surface area contributed by atoms with Gasteiger partial charge >= 0.3 is 0 Å². The molecule has 2 aliphatic rings. The molecule has 162 valence electrons. The number of hydrogen-bond donors (Lipinski definition) is 1. The lowest BCUT2D eigenvalue weighted by Crippen LogP contribution is -2.50. The minimum absolute atomic E-state index is 0.0529. The molecule has 0 aromatic heterocycles. The van der Waals surface area contributed by atoms with Crippen LogP contribution in [-0.4, -0.2) is 48.2 Å². The lowest BCUT2D eigenvalue weighted by atomic mass is 9.92. The SMILES string of the molecule is CC1(C)OC2OC(CCO)(COCc3ccccc3)C(OCc3ccccc3)C2O1. The van der Waals surface area contributed by atoms with E-state index >= 15 is 0 Å². The molecule has 2 aromatic rings. The molecule has 4 unspecified atom stereocenters. The first kappa shape index (κ1) is 21.4. The second-order valence-electron chi connectivity index (χ2n) is 8.32. The molecule has 0 radical (unpaired) electrons. The third kappa shape index (κ3) is 4.75. The lowest BCUT2D eigenvalue weighted by molar-refractivity contribution is -0.257. The summed E-state index contributed by atoms with van der Waals surface area (Å²) < 4.78 is 30.8. The van der Waals surface area contributed by atoms with Gasteiger partial charge in [-0.1, -0.05) is 60.7 Å². The Morgan fingerprint density at radius 1 is 0.867 bits per heavy atom. The second kappa shape index (κ2) is 9.14. The van der Waals surface area contributed by atoms with E-state index in [1.54, 1.807) is 0 Å². The zero-order valence-electron chi connectivity index (χ0n) is 17.5. The topological polar surface area (TPSA) is 66.4 Å². The number of rotatable bonds is 9. The zero-order chi connectivity index (χ0) is 21.0. The molecule has 6 nitrogen and oxygen atoms in total. The molecule has 2 saturated heterocycles. The Hall–Kier alpha value is -1.80. The fraction of sp³-hybridized carbons (Fsp3) is 0.500. The lowest BCUT2D eigenvalue weighted by Gasteiger charge is -2.36. The summed E-state index contributed by atoms with van der Waals surface area (Å²) in [4.78, 5) is 0. The summed E-state index contributed by atoms with van der Waals surface area (Å²) in [6.45, 7) is 4.80. The molecule has 0 aliphatic carbocycles. The Balaban J connectivity index is 1.51. The molecule has 2 aromatic carbocycles. The molecule has 30 heavy (non-hydrogen) atoms. The zero-order valence-corrected chi connectivity index (χ0v) is 17.5. The van der Waals surface area contributed by atoms with Gasteiger partial charge in [-0.2, -0.15) is 0 Å². The molecule has 4 atom stereocenters. The van der Waals surface area contributed by atoms with Gasteiger partial charge in [0.05, 0.1) is 19.8 Å². The van der Waals surface area contributed by atoms with Gasteiger partial charge in [0.1, 0.15) is 17.8 Å². The first-order valence-corrected chi connectivity index (χ1v) is 10.4. The van der Waals surface area contributed by atoms with Crippen LogP contribution in [0.3, 0.4) is 0 Å². The molecule has 0 saturated carbocycles. The van der Waals surface area contributed by atoms with E-state index in [4.69, 9.17) is 23.7 Å². The van der Waals surface area contributed by atoms with Crippen LogP contribution >= 0.6 is 0 Å². The van der Waals surface area contributed by atoms with Crippen LogP contribution < -0.4 is 0 Å². The third-order valence-electron chi connectivity index (χ3n) is 5.52. The van der Waals surface area contributed by atoms with Crippen molar-refractivity contribution < 1.29 is 28.8 Å². The molecule has 2 aliphatic heterocycles. The Kier molecular flexibility index (Phi) is 6.53. The summed E-state index contributed by atoms with van der Waals surface area (Å²) >= 11 is 0. The monoisotopic (exact) mass is 414 g/mol. The molecule has 2 fully saturated rings. The summed E-state index contributed by atoms with van der Waals surface area (Å²) in [7, 11) is 0. The van der Waals surface area contributed by atoms with E-state index in [-0.39, 0.29) is 13.2 Å². The molecular formula is C24H30O6. The highest BCUT2D eigenvalue weighted by atomic mass is 16.8. The van der Waals surface area contributed by atoms with Crippen molar-refractivity contribution in [3.05, 3.63) is 71.8 Å². The van der Waals surface area contributed by atoms with Gasteiger partial charge in [0, 0.05) is 13.0 Å². The maximum Gasteiger partial charge on any atom is 0.190 e. The number of aliphatic hydroxyl groups is 1. The summed E-state index contributed by atoms with van der Waals surface area (Å²) in [6, 6.07) is 19.9. The van der Waals surface area contributed by atoms with Crippen LogP contribution in [-0.2, 0) is 36.9 Å². The van der Waals surface area contributed by atoms with Crippen molar-refractivity contribution in [2.45, 2.75) is 63.4 Å². The Morgan fingerprint density at radius 3 is 2.13 bits per heavy atom. The summed E-state index contributed by atoms with van der Waals surface area (Å²) in [5, 5.41) is 9.80. The fourth-order valence-corrected chi connectivity index (χ4v) is 4.15.